The Hall–Kier alpha value is -1.67. The fourth-order valence-corrected chi connectivity index (χ4v) is 1.99. The van der Waals surface area contributed by atoms with Crippen LogP contribution in [0.15, 0.2) is 53.5 Å². The number of hydrogen-bond acceptors (Lipinski definition) is 3. The fraction of sp³-hybridized carbons (Fsp3) is 0.133. The molecular formula is C15H12ClNOS. The van der Waals surface area contributed by atoms with E-state index in [9.17, 15) is 0 Å². The molecule has 0 radical (unpaired) electrons. The summed E-state index contributed by atoms with van der Waals surface area (Å²) in [5, 5.41) is 2.83. The van der Waals surface area contributed by atoms with Gasteiger partial charge >= 0.3 is 0 Å². The van der Waals surface area contributed by atoms with Crippen LogP contribution < -0.4 is 4.74 Å². The van der Waals surface area contributed by atoms with Crippen molar-refractivity contribution in [3.05, 3.63) is 59.1 Å². The Bertz CT molecular complexity index is 594. The Morgan fingerprint density at radius 1 is 1.16 bits per heavy atom. The predicted octanol–water partition coefficient (Wildman–Crippen LogP) is 4.70. The first-order valence-corrected chi connectivity index (χ1v) is 6.62. The van der Waals surface area contributed by atoms with E-state index in [4.69, 9.17) is 16.3 Å². The summed E-state index contributed by atoms with van der Waals surface area (Å²) in [4.78, 5) is 3.86. The third-order valence-corrected chi connectivity index (χ3v) is 2.97. The highest BCUT2D eigenvalue weighted by molar-refractivity contribution is 7.78. The van der Waals surface area contributed by atoms with Crippen molar-refractivity contribution in [1.82, 2.24) is 0 Å². The summed E-state index contributed by atoms with van der Waals surface area (Å²) in [6.45, 7) is 0.583. The largest absolute Gasteiger partial charge is 0.492 e. The van der Waals surface area contributed by atoms with E-state index in [0.29, 0.717) is 23.1 Å². The molecule has 0 N–H and O–H groups in total. The Morgan fingerprint density at radius 3 is 2.63 bits per heavy atom. The van der Waals surface area contributed by atoms with Crippen LogP contribution in [0.2, 0.25) is 5.02 Å². The number of ether oxygens (including phenoxy) is 1. The topological polar surface area (TPSA) is 21.6 Å². The Labute approximate surface area is 122 Å². The van der Waals surface area contributed by atoms with Crippen molar-refractivity contribution in [2.24, 2.45) is 4.99 Å². The van der Waals surface area contributed by atoms with Crippen LogP contribution in [0.5, 0.6) is 5.75 Å². The van der Waals surface area contributed by atoms with Crippen LogP contribution in [0.4, 0.5) is 5.69 Å². The third-order valence-electron chi connectivity index (χ3n) is 2.58. The molecule has 19 heavy (non-hydrogen) atoms. The lowest BCUT2D eigenvalue weighted by Crippen LogP contribution is -2.01. The van der Waals surface area contributed by atoms with Crippen molar-refractivity contribution in [1.29, 1.82) is 0 Å². The molecule has 2 rings (SSSR count). The highest BCUT2D eigenvalue weighted by Crippen LogP contribution is 2.28. The highest BCUT2D eigenvalue weighted by atomic mass is 35.5. The normalized spacial score (nSPS) is 9.74. The summed E-state index contributed by atoms with van der Waals surface area (Å²) in [6, 6.07) is 15.5. The molecule has 0 unspecified atom stereocenters. The lowest BCUT2D eigenvalue weighted by Gasteiger charge is -2.08. The van der Waals surface area contributed by atoms with E-state index in [0.717, 1.165) is 6.42 Å². The van der Waals surface area contributed by atoms with E-state index in [1.54, 1.807) is 18.2 Å². The molecule has 0 aliphatic carbocycles. The van der Waals surface area contributed by atoms with Crippen LogP contribution in [0, 0.1) is 0 Å². The maximum Gasteiger partial charge on any atom is 0.138 e. The molecule has 2 aromatic carbocycles. The molecule has 0 aromatic heterocycles. The van der Waals surface area contributed by atoms with E-state index >= 15 is 0 Å². The average molecular weight is 290 g/mol. The van der Waals surface area contributed by atoms with Crippen LogP contribution in [-0.4, -0.2) is 11.8 Å². The van der Waals surface area contributed by atoms with Crippen LogP contribution in [0.25, 0.3) is 0 Å². The molecular weight excluding hydrogens is 278 g/mol. The summed E-state index contributed by atoms with van der Waals surface area (Å²) < 4.78 is 5.65. The van der Waals surface area contributed by atoms with Gasteiger partial charge in [0.1, 0.15) is 5.75 Å². The third kappa shape index (κ3) is 4.18. The molecule has 2 aromatic rings. The van der Waals surface area contributed by atoms with E-state index < -0.39 is 0 Å². The molecule has 4 heteroatoms. The number of hydrogen-bond donors (Lipinski definition) is 0. The number of thiocarbonyl (C=S) groups is 1. The standard InChI is InChI=1S/C15H12ClNOS/c16-14-10-13(17-11-19)6-7-15(14)18-9-8-12-4-2-1-3-5-12/h1-7,10H,8-9H2. The first-order chi connectivity index (χ1) is 9.29. The van der Waals surface area contributed by atoms with Crippen molar-refractivity contribution in [3.8, 4) is 5.75 Å². The van der Waals surface area contributed by atoms with Gasteiger partial charge in [0.05, 0.1) is 22.5 Å². The van der Waals surface area contributed by atoms with Gasteiger partial charge < -0.3 is 4.74 Å². The number of rotatable bonds is 5. The van der Waals surface area contributed by atoms with Crippen molar-refractivity contribution in [2.75, 3.05) is 6.61 Å². The first-order valence-electron chi connectivity index (χ1n) is 5.84. The molecule has 0 saturated heterocycles. The quantitative estimate of drug-likeness (QED) is 0.588. The minimum Gasteiger partial charge on any atom is -0.492 e. The van der Waals surface area contributed by atoms with E-state index in [1.165, 1.54) is 5.56 Å². The van der Waals surface area contributed by atoms with E-state index in [1.807, 2.05) is 18.2 Å². The zero-order valence-electron chi connectivity index (χ0n) is 10.2. The predicted molar refractivity (Wildman–Crippen MR) is 81.8 cm³/mol. The van der Waals surface area contributed by atoms with Crippen molar-refractivity contribution < 1.29 is 4.74 Å². The SMILES string of the molecule is S=C=Nc1ccc(OCCc2ccccc2)c(Cl)c1. The van der Waals surface area contributed by atoms with Crippen LogP contribution >= 0.6 is 23.8 Å². The van der Waals surface area contributed by atoms with Crippen LogP contribution in [-0.2, 0) is 6.42 Å². The molecule has 0 aliphatic heterocycles. The maximum absolute atomic E-state index is 6.10. The van der Waals surface area contributed by atoms with Gasteiger partial charge in [-0.3, -0.25) is 0 Å². The molecule has 0 atom stereocenters. The molecule has 0 aliphatic rings. The summed E-state index contributed by atoms with van der Waals surface area (Å²) in [7, 11) is 0. The molecule has 0 fully saturated rings. The van der Waals surface area contributed by atoms with E-state index in [2.05, 4.69) is 34.5 Å². The molecule has 0 bridgehead atoms. The van der Waals surface area contributed by atoms with Gasteiger partial charge in [0.25, 0.3) is 0 Å². The minimum atomic E-state index is 0.527. The number of aliphatic imine (C=N–C) groups is 1. The lowest BCUT2D eigenvalue weighted by atomic mass is 10.2. The highest BCUT2D eigenvalue weighted by Gasteiger charge is 2.02. The zero-order valence-corrected chi connectivity index (χ0v) is 11.7. The number of isothiocyanates is 1. The summed E-state index contributed by atoms with van der Waals surface area (Å²) in [5.41, 5.74) is 1.91. The monoisotopic (exact) mass is 289 g/mol. The van der Waals surface area contributed by atoms with Crippen LogP contribution in [0.1, 0.15) is 5.56 Å². The minimum absolute atomic E-state index is 0.527. The van der Waals surface area contributed by atoms with Gasteiger partial charge in [-0.1, -0.05) is 41.9 Å². The zero-order chi connectivity index (χ0) is 13.5. The van der Waals surface area contributed by atoms with Gasteiger partial charge in [0.2, 0.25) is 0 Å². The molecule has 0 spiro atoms. The summed E-state index contributed by atoms with van der Waals surface area (Å²) in [6.07, 6.45) is 0.844. The Kier molecular flexibility index (Phi) is 5.10. The molecule has 0 amide bonds. The summed E-state index contributed by atoms with van der Waals surface area (Å²) >= 11 is 10.6. The van der Waals surface area contributed by atoms with Gasteiger partial charge in [0.15, 0.2) is 0 Å². The van der Waals surface area contributed by atoms with Gasteiger partial charge in [-0.05, 0) is 36.0 Å². The second-order valence-electron chi connectivity index (χ2n) is 3.90. The Balaban J connectivity index is 1.94. The summed E-state index contributed by atoms with van der Waals surface area (Å²) in [5.74, 6) is 0.654. The average Bonchev–Trinajstić information content (AvgIpc) is 2.43. The lowest BCUT2D eigenvalue weighted by molar-refractivity contribution is 0.322. The molecule has 2 nitrogen and oxygen atoms in total. The molecule has 0 heterocycles. The molecule has 0 saturated carbocycles. The van der Waals surface area contributed by atoms with Crippen LogP contribution in [0.3, 0.4) is 0 Å². The van der Waals surface area contributed by atoms with Crippen molar-refractivity contribution in [2.45, 2.75) is 6.42 Å². The molecule has 96 valence electrons. The second-order valence-corrected chi connectivity index (χ2v) is 4.49. The maximum atomic E-state index is 6.10. The second kappa shape index (κ2) is 7.05. The van der Waals surface area contributed by atoms with Crippen molar-refractivity contribution in [3.63, 3.8) is 0 Å². The number of benzene rings is 2. The number of halogens is 1. The van der Waals surface area contributed by atoms with Crippen molar-refractivity contribution >= 4 is 34.7 Å². The van der Waals surface area contributed by atoms with E-state index in [-0.39, 0.29) is 0 Å². The Morgan fingerprint density at radius 2 is 1.95 bits per heavy atom. The van der Waals surface area contributed by atoms with Gasteiger partial charge in [-0.25, -0.2) is 0 Å². The van der Waals surface area contributed by atoms with Gasteiger partial charge in [-0.15, -0.1) is 0 Å². The van der Waals surface area contributed by atoms with Gasteiger partial charge in [-0.2, -0.15) is 4.99 Å². The fourth-order valence-electron chi connectivity index (χ4n) is 1.65. The first kappa shape index (κ1) is 13.8. The van der Waals surface area contributed by atoms with Gasteiger partial charge in [0, 0.05) is 6.42 Å². The number of nitrogens with zero attached hydrogens (tertiary/aromatic N) is 1. The smallest absolute Gasteiger partial charge is 0.138 e.